The predicted octanol–water partition coefficient (Wildman–Crippen LogP) is 5.34. The Balaban J connectivity index is 1.98. The minimum atomic E-state index is -0.453. The van der Waals surface area contributed by atoms with Crippen LogP contribution in [0.15, 0.2) is 30.5 Å². The number of nitrogens with two attached hydrogens (primary N) is 1. The maximum Gasteiger partial charge on any atom is 0.125 e. The van der Waals surface area contributed by atoms with Crippen LogP contribution >= 0.6 is 11.6 Å². The first-order chi connectivity index (χ1) is 13.4. The molecule has 3 N–H and O–H groups in total. The SMILES string of the molecule is Cc1cc2c(cc1C#N)c(-c1cc(F)cc(N)c1Cl)cn2[C@H]1CC[C@H](O)CC1. The van der Waals surface area contributed by atoms with E-state index in [0.29, 0.717) is 16.1 Å². The third kappa shape index (κ3) is 3.13. The lowest BCUT2D eigenvalue weighted by Crippen LogP contribution is -2.20. The second-order valence-electron chi connectivity index (χ2n) is 7.57. The second-order valence-corrected chi connectivity index (χ2v) is 7.94. The number of aliphatic hydroxyl groups excluding tert-OH is 1. The maximum absolute atomic E-state index is 14.1. The fourth-order valence-electron chi connectivity index (χ4n) is 4.18. The van der Waals surface area contributed by atoms with Gasteiger partial charge in [-0.2, -0.15) is 5.26 Å². The van der Waals surface area contributed by atoms with E-state index in [1.54, 1.807) is 0 Å². The zero-order chi connectivity index (χ0) is 20.0. The number of halogens is 2. The molecule has 1 fully saturated rings. The fourth-order valence-corrected chi connectivity index (χ4v) is 4.39. The summed E-state index contributed by atoms with van der Waals surface area (Å²) in [5.74, 6) is -0.453. The first-order valence-electron chi connectivity index (χ1n) is 9.37. The zero-order valence-electron chi connectivity index (χ0n) is 15.5. The van der Waals surface area contributed by atoms with Gasteiger partial charge in [0.05, 0.1) is 28.4 Å². The summed E-state index contributed by atoms with van der Waals surface area (Å²) in [5.41, 5.74) is 9.80. The summed E-state index contributed by atoms with van der Waals surface area (Å²) in [5, 5.41) is 20.5. The van der Waals surface area contributed by atoms with Gasteiger partial charge in [-0.3, -0.25) is 0 Å². The highest BCUT2D eigenvalue weighted by atomic mass is 35.5. The molecule has 4 nitrogen and oxygen atoms in total. The van der Waals surface area contributed by atoms with E-state index in [1.165, 1.54) is 12.1 Å². The van der Waals surface area contributed by atoms with Gasteiger partial charge in [-0.1, -0.05) is 11.6 Å². The quantitative estimate of drug-likeness (QED) is 0.573. The summed E-state index contributed by atoms with van der Waals surface area (Å²) in [6.45, 7) is 1.91. The van der Waals surface area contributed by atoms with Gasteiger partial charge in [0.15, 0.2) is 0 Å². The Morgan fingerprint density at radius 2 is 1.89 bits per heavy atom. The van der Waals surface area contributed by atoms with E-state index in [1.807, 2.05) is 25.3 Å². The van der Waals surface area contributed by atoms with Crippen LogP contribution in [0.25, 0.3) is 22.0 Å². The van der Waals surface area contributed by atoms with Crippen LogP contribution in [0.2, 0.25) is 5.02 Å². The monoisotopic (exact) mass is 397 g/mol. The molecular formula is C22H21ClFN3O. The molecule has 6 heteroatoms. The molecule has 4 rings (SSSR count). The molecule has 0 amide bonds. The first kappa shape index (κ1) is 18.8. The van der Waals surface area contributed by atoms with Crippen molar-refractivity contribution in [1.29, 1.82) is 5.26 Å². The molecule has 0 atom stereocenters. The number of benzene rings is 2. The van der Waals surface area contributed by atoms with Gasteiger partial charge in [0.25, 0.3) is 0 Å². The number of anilines is 1. The van der Waals surface area contributed by atoms with E-state index in [9.17, 15) is 14.8 Å². The summed E-state index contributed by atoms with van der Waals surface area (Å²) >= 11 is 6.42. The van der Waals surface area contributed by atoms with Crippen LogP contribution in [0.1, 0.15) is 42.9 Å². The van der Waals surface area contributed by atoms with Gasteiger partial charge in [0.1, 0.15) is 5.82 Å². The molecule has 1 aliphatic carbocycles. The lowest BCUT2D eigenvalue weighted by molar-refractivity contribution is 0.111. The summed E-state index contributed by atoms with van der Waals surface area (Å²) in [6, 6.07) is 8.88. The van der Waals surface area contributed by atoms with Gasteiger partial charge in [-0.25, -0.2) is 4.39 Å². The van der Waals surface area contributed by atoms with Crippen LogP contribution in [0.5, 0.6) is 0 Å². The number of aliphatic hydroxyl groups is 1. The van der Waals surface area contributed by atoms with E-state index >= 15 is 0 Å². The number of fused-ring (bicyclic) bond motifs is 1. The highest BCUT2D eigenvalue weighted by molar-refractivity contribution is 6.36. The Kier molecular flexibility index (Phi) is 4.78. The third-order valence-electron chi connectivity index (χ3n) is 5.71. The van der Waals surface area contributed by atoms with Crippen LogP contribution in [-0.4, -0.2) is 15.8 Å². The van der Waals surface area contributed by atoms with E-state index < -0.39 is 5.82 Å². The van der Waals surface area contributed by atoms with E-state index in [-0.39, 0.29) is 17.8 Å². The van der Waals surface area contributed by atoms with Crippen LogP contribution in [0.4, 0.5) is 10.1 Å². The lowest BCUT2D eigenvalue weighted by atomic mass is 9.93. The van der Waals surface area contributed by atoms with Crippen molar-refractivity contribution in [2.24, 2.45) is 0 Å². The van der Waals surface area contributed by atoms with Gasteiger partial charge < -0.3 is 15.4 Å². The number of aryl methyl sites for hydroxylation is 1. The standard InChI is InChI=1S/C22H21ClFN3O/c1-12-6-21-17(7-13(12)10-25)19(18-8-14(24)9-20(26)22(18)23)11-27(21)15-2-4-16(28)5-3-15/h6-9,11,15-16,28H,2-5,26H2,1H3/t15-,16-. The minimum Gasteiger partial charge on any atom is -0.397 e. The molecule has 0 spiro atoms. The van der Waals surface area contributed by atoms with Gasteiger partial charge in [-0.15, -0.1) is 0 Å². The number of hydrogen-bond acceptors (Lipinski definition) is 3. The second kappa shape index (κ2) is 7.12. The molecule has 144 valence electrons. The predicted molar refractivity (Wildman–Crippen MR) is 110 cm³/mol. The Hall–Kier alpha value is -2.55. The maximum atomic E-state index is 14.1. The van der Waals surface area contributed by atoms with Crippen LogP contribution in [0, 0.1) is 24.1 Å². The van der Waals surface area contributed by atoms with Crippen molar-refractivity contribution in [3.8, 4) is 17.2 Å². The summed E-state index contributed by atoms with van der Waals surface area (Å²) < 4.78 is 16.3. The third-order valence-corrected chi connectivity index (χ3v) is 6.14. The molecule has 2 aromatic carbocycles. The van der Waals surface area contributed by atoms with Crippen molar-refractivity contribution in [3.05, 3.63) is 52.4 Å². The number of rotatable bonds is 2. The van der Waals surface area contributed by atoms with Crippen LogP contribution in [0.3, 0.4) is 0 Å². The number of nitriles is 1. The number of nitrogens with zero attached hydrogens (tertiary/aromatic N) is 2. The van der Waals surface area contributed by atoms with Crippen molar-refractivity contribution in [2.75, 3.05) is 5.73 Å². The molecule has 1 saturated carbocycles. The summed E-state index contributed by atoms with van der Waals surface area (Å²) in [7, 11) is 0. The minimum absolute atomic E-state index is 0.186. The zero-order valence-corrected chi connectivity index (χ0v) is 16.3. The molecule has 1 aliphatic rings. The van der Waals surface area contributed by atoms with E-state index in [0.717, 1.165) is 47.7 Å². The summed E-state index contributed by atoms with van der Waals surface area (Å²) in [4.78, 5) is 0. The molecular weight excluding hydrogens is 377 g/mol. The molecule has 0 unspecified atom stereocenters. The Morgan fingerprint density at radius 3 is 2.57 bits per heavy atom. The largest absolute Gasteiger partial charge is 0.397 e. The van der Waals surface area contributed by atoms with Gasteiger partial charge in [-0.05, 0) is 62.4 Å². The fraction of sp³-hybridized carbons (Fsp3) is 0.318. The smallest absolute Gasteiger partial charge is 0.125 e. The molecule has 3 aromatic rings. The lowest BCUT2D eigenvalue weighted by Gasteiger charge is -2.27. The average molecular weight is 398 g/mol. The van der Waals surface area contributed by atoms with Gasteiger partial charge in [0.2, 0.25) is 0 Å². The first-order valence-corrected chi connectivity index (χ1v) is 9.75. The van der Waals surface area contributed by atoms with Gasteiger partial charge >= 0.3 is 0 Å². The average Bonchev–Trinajstić information content (AvgIpc) is 3.02. The molecule has 28 heavy (non-hydrogen) atoms. The van der Waals surface area contributed by atoms with Crippen molar-refractivity contribution >= 4 is 28.2 Å². The number of nitrogen functional groups attached to an aromatic ring is 1. The molecule has 0 radical (unpaired) electrons. The van der Waals surface area contributed by atoms with Crippen molar-refractivity contribution in [3.63, 3.8) is 0 Å². The molecule has 0 saturated heterocycles. The van der Waals surface area contributed by atoms with Crippen LogP contribution < -0.4 is 5.73 Å². The van der Waals surface area contributed by atoms with Gasteiger partial charge in [0, 0.05) is 34.3 Å². The summed E-state index contributed by atoms with van der Waals surface area (Å²) in [6.07, 6.45) is 4.96. The topological polar surface area (TPSA) is 75.0 Å². The van der Waals surface area contributed by atoms with Crippen molar-refractivity contribution < 1.29 is 9.50 Å². The Labute approximate surface area is 167 Å². The molecule has 0 aliphatic heterocycles. The van der Waals surface area contributed by atoms with E-state index in [4.69, 9.17) is 17.3 Å². The normalized spacial score (nSPS) is 19.7. The highest BCUT2D eigenvalue weighted by Crippen LogP contribution is 2.41. The molecule has 1 heterocycles. The Morgan fingerprint density at radius 1 is 1.18 bits per heavy atom. The van der Waals surface area contributed by atoms with Crippen molar-refractivity contribution in [2.45, 2.75) is 44.8 Å². The van der Waals surface area contributed by atoms with E-state index in [2.05, 4.69) is 10.6 Å². The number of aromatic nitrogens is 1. The molecule has 0 bridgehead atoms. The van der Waals surface area contributed by atoms with Crippen molar-refractivity contribution in [1.82, 2.24) is 4.57 Å². The highest BCUT2D eigenvalue weighted by Gasteiger charge is 2.24. The number of hydrogen-bond donors (Lipinski definition) is 2. The molecule has 1 aromatic heterocycles. The Bertz CT molecular complexity index is 1110. The van der Waals surface area contributed by atoms with Crippen LogP contribution in [-0.2, 0) is 0 Å².